The molecule has 0 aliphatic rings. The molecule has 0 spiro atoms. The first-order valence-electron chi connectivity index (χ1n) is 9.54. The van der Waals surface area contributed by atoms with Crippen LogP contribution in [-0.2, 0) is 25.6 Å². The number of rotatable bonds is 8. The van der Waals surface area contributed by atoms with Crippen molar-refractivity contribution in [3.05, 3.63) is 114 Å². The van der Waals surface area contributed by atoms with Gasteiger partial charge in [-0.1, -0.05) is 78.4 Å². The van der Waals surface area contributed by atoms with Crippen LogP contribution < -0.4 is 0 Å². The van der Waals surface area contributed by atoms with Gasteiger partial charge in [0.25, 0.3) is 0 Å². The van der Waals surface area contributed by atoms with Gasteiger partial charge in [0.05, 0.1) is 4.90 Å². The number of benzene rings is 3. The van der Waals surface area contributed by atoms with Gasteiger partial charge in [-0.3, -0.25) is 6.58 Å². The Kier molecular flexibility index (Phi) is 10.9. The first-order chi connectivity index (χ1) is 15.0. The van der Waals surface area contributed by atoms with Gasteiger partial charge in [0.1, 0.15) is 0 Å². The minimum absolute atomic E-state index is 0.110. The van der Waals surface area contributed by atoms with Crippen molar-refractivity contribution in [2.45, 2.75) is 11.8 Å². The summed E-state index contributed by atoms with van der Waals surface area (Å²) in [4.78, 5) is 0.261. The Balaban J connectivity index is 0.00000166. The Labute approximate surface area is 207 Å². The van der Waals surface area contributed by atoms with Crippen LogP contribution in [0.3, 0.4) is 0 Å². The Morgan fingerprint density at radius 1 is 0.935 bits per heavy atom. The molecule has 3 aromatic rings. The van der Waals surface area contributed by atoms with E-state index in [4.69, 9.17) is 6.58 Å². The summed E-state index contributed by atoms with van der Waals surface area (Å²) in [5.74, 6) is 0. The van der Waals surface area contributed by atoms with Crippen LogP contribution in [0.2, 0.25) is 0 Å². The van der Waals surface area contributed by atoms with Crippen LogP contribution >= 0.6 is 19.5 Å². The molecule has 0 bridgehead atoms. The molecule has 0 fully saturated rings. The van der Waals surface area contributed by atoms with Gasteiger partial charge in [-0.05, 0) is 24.6 Å². The average molecular weight is 636 g/mol. The fourth-order valence-electron chi connectivity index (χ4n) is 2.91. The van der Waals surface area contributed by atoms with E-state index in [1.807, 2.05) is 99.3 Å². The Morgan fingerprint density at radius 2 is 1.48 bits per heavy atom. The summed E-state index contributed by atoms with van der Waals surface area (Å²) < 4.78 is 28.0. The molecule has 0 saturated carbocycles. The van der Waals surface area contributed by atoms with Crippen molar-refractivity contribution in [3.63, 3.8) is 0 Å². The monoisotopic (exact) mass is 635 g/mol. The van der Waals surface area contributed by atoms with E-state index in [0.29, 0.717) is 5.57 Å². The molecule has 31 heavy (non-hydrogen) atoms. The average Bonchev–Trinajstić information content (AvgIpc) is 2.81. The maximum absolute atomic E-state index is 13.3. The molecule has 0 amide bonds. The Hall–Kier alpha value is -1.56. The maximum atomic E-state index is 13.3. The standard InChI is InChI=1S/C25H24NO2S.HI.Pd/c1-21-15-17-25(18-16-21)29(27,28)26(19-9-12-23-10-5-3-6-11-23)20-22(2)24-13-7-4-8-14-24;;/h2-18H,19-20H2,1H3;1H;/q-1;;+2/p-1/b12-9+;;. The van der Waals surface area contributed by atoms with Gasteiger partial charge in [0.15, 0.2) is 0 Å². The molecule has 0 unspecified atom stereocenters. The number of sulfonamides is 1. The second kappa shape index (κ2) is 13.1. The molecule has 0 aromatic heterocycles. The van der Waals surface area contributed by atoms with Gasteiger partial charge in [-0.25, -0.2) is 14.0 Å². The number of hydrogen-bond acceptors (Lipinski definition) is 2. The number of nitrogens with zero attached hydrogens (tertiary/aromatic N) is 1. The van der Waals surface area contributed by atoms with Crippen molar-refractivity contribution in [2.75, 3.05) is 13.1 Å². The van der Waals surface area contributed by atoms with E-state index < -0.39 is 10.0 Å². The van der Waals surface area contributed by atoms with Gasteiger partial charge in [-0.2, -0.15) is 9.87 Å². The third-order valence-electron chi connectivity index (χ3n) is 4.57. The van der Waals surface area contributed by atoms with Crippen molar-refractivity contribution in [3.8, 4) is 0 Å². The molecule has 0 radical (unpaired) electrons. The zero-order chi connectivity index (χ0) is 22.7. The number of halogens is 1. The molecular weight excluding hydrogens is 612 g/mol. The van der Waals surface area contributed by atoms with Crippen molar-refractivity contribution in [1.29, 1.82) is 0 Å². The van der Waals surface area contributed by atoms with E-state index in [1.54, 1.807) is 24.3 Å². The Bertz CT molecular complexity index is 1080. The van der Waals surface area contributed by atoms with Crippen LogP contribution in [0.4, 0.5) is 0 Å². The third kappa shape index (κ3) is 7.82. The summed E-state index contributed by atoms with van der Waals surface area (Å²) in [5, 5.41) is 0. The topological polar surface area (TPSA) is 37.4 Å². The van der Waals surface area contributed by atoms with Crippen LogP contribution in [0.1, 0.15) is 16.7 Å². The number of aryl methyl sites for hydroxylation is 1. The molecule has 0 heterocycles. The molecule has 0 saturated heterocycles. The third-order valence-corrected chi connectivity index (χ3v) is 6.39. The van der Waals surface area contributed by atoms with Crippen LogP contribution in [0.5, 0.6) is 0 Å². The summed E-state index contributed by atoms with van der Waals surface area (Å²) in [6, 6.07) is 26.1. The molecule has 0 N–H and O–H groups in total. The number of hydrogen-bond donors (Lipinski definition) is 0. The first kappa shape index (κ1) is 25.7. The molecule has 3 aromatic carbocycles. The Morgan fingerprint density at radius 3 is 2.06 bits per heavy atom. The molecule has 0 aliphatic carbocycles. The summed E-state index contributed by atoms with van der Waals surface area (Å²) in [5.41, 5.74) is 3.35. The SMILES string of the molecule is [CH-]=C(CN(C/C=C/c1ccccc1)S(=O)(=O)c1ccc(C)cc1)c1ccccc1.[Pd+][I]. The van der Waals surface area contributed by atoms with Crippen molar-refractivity contribution >= 4 is 41.2 Å². The van der Waals surface area contributed by atoms with Gasteiger partial charge in [-0.15, -0.1) is 12.1 Å². The predicted octanol–water partition coefficient (Wildman–Crippen LogP) is 6.10. The van der Waals surface area contributed by atoms with Crippen molar-refractivity contribution in [2.24, 2.45) is 0 Å². The summed E-state index contributed by atoms with van der Waals surface area (Å²) in [6.45, 7) is 8.52. The summed E-state index contributed by atoms with van der Waals surface area (Å²) >= 11 is 4.72. The second-order valence-electron chi connectivity index (χ2n) is 6.81. The van der Waals surface area contributed by atoms with Crippen LogP contribution in [0, 0.1) is 13.5 Å². The van der Waals surface area contributed by atoms with Crippen LogP contribution in [0.15, 0.2) is 95.9 Å². The van der Waals surface area contributed by atoms with E-state index in [2.05, 4.69) is 15.6 Å². The van der Waals surface area contributed by atoms with Gasteiger partial charge in [0.2, 0.25) is 10.0 Å². The van der Waals surface area contributed by atoms with E-state index in [0.717, 1.165) is 16.7 Å². The summed E-state index contributed by atoms with van der Waals surface area (Å²) in [6.07, 6.45) is 3.76. The molecule has 3 nitrogen and oxygen atoms in total. The molecule has 0 aliphatic heterocycles. The van der Waals surface area contributed by atoms with Crippen LogP contribution in [-0.4, -0.2) is 25.8 Å². The quantitative estimate of drug-likeness (QED) is 0.171. The van der Waals surface area contributed by atoms with Crippen molar-refractivity contribution in [1.82, 2.24) is 4.31 Å². The molecule has 3 rings (SSSR count). The van der Waals surface area contributed by atoms with Crippen molar-refractivity contribution < 1.29 is 24.0 Å². The van der Waals surface area contributed by atoms with Gasteiger partial charge in [0, 0.05) is 13.1 Å². The molecule has 6 heteroatoms. The van der Waals surface area contributed by atoms with Gasteiger partial charge >= 0.3 is 35.1 Å². The predicted molar refractivity (Wildman–Crippen MR) is 134 cm³/mol. The minimum atomic E-state index is -3.69. The van der Waals surface area contributed by atoms with E-state index >= 15 is 0 Å². The van der Waals surface area contributed by atoms with E-state index in [1.165, 1.54) is 4.31 Å². The normalized spacial score (nSPS) is 11.3. The molecule has 164 valence electrons. The molecule has 0 atom stereocenters. The van der Waals surface area contributed by atoms with E-state index in [9.17, 15) is 8.42 Å². The second-order valence-corrected chi connectivity index (χ2v) is 8.75. The van der Waals surface area contributed by atoms with Gasteiger partial charge < -0.3 is 0 Å². The summed E-state index contributed by atoms with van der Waals surface area (Å²) in [7, 11) is -3.69. The zero-order valence-electron chi connectivity index (χ0n) is 17.1. The first-order valence-corrected chi connectivity index (χ1v) is 15.6. The zero-order valence-corrected chi connectivity index (χ0v) is 21.6. The fraction of sp³-hybridized carbons (Fsp3) is 0.120. The fourth-order valence-corrected chi connectivity index (χ4v) is 4.28. The van der Waals surface area contributed by atoms with E-state index in [-0.39, 0.29) is 18.0 Å². The van der Waals surface area contributed by atoms with Crippen LogP contribution in [0.25, 0.3) is 11.6 Å². The molecular formula is C25H24INO2PdS.